The number of aromatic amines is 2. The van der Waals surface area contributed by atoms with E-state index in [1.54, 1.807) is 12.4 Å². The Balaban J connectivity index is 1.66. The Labute approximate surface area is 480 Å². The van der Waals surface area contributed by atoms with Crippen LogP contribution in [0.3, 0.4) is 0 Å². The molecule has 4 aromatic rings. The molecule has 24 heteroatoms. The molecule has 1 aliphatic heterocycles. The molecule has 1 fully saturated rings. The molecule has 1 saturated heterocycles. The molecule has 8 atom stereocenters. The van der Waals surface area contributed by atoms with E-state index in [1.165, 1.54) is 0 Å². The van der Waals surface area contributed by atoms with Crippen LogP contribution in [-0.2, 0) is 51.2 Å². The topological polar surface area (TPSA) is 407 Å². The second kappa shape index (κ2) is 33.4. The Morgan fingerprint density at radius 1 is 0.415 bits per heavy atom. The summed E-state index contributed by atoms with van der Waals surface area (Å²) in [6.07, 6.45) is 6.82. The Kier molecular flexibility index (Phi) is 26.6. The number of H-pyrrole nitrogens is 2. The highest BCUT2D eigenvalue weighted by Gasteiger charge is 2.37. The largest absolute Gasteiger partial charge is 0.370 e. The maximum absolute atomic E-state index is 15.0. The summed E-state index contributed by atoms with van der Waals surface area (Å²) < 4.78 is 0. The van der Waals surface area contributed by atoms with Crippen molar-refractivity contribution in [2.24, 2.45) is 45.5 Å². The fourth-order valence-electron chi connectivity index (χ4n) is 10.1. The van der Waals surface area contributed by atoms with E-state index in [-0.39, 0.29) is 82.1 Å². The van der Waals surface area contributed by atoms with E-state index in [2.05, 4.69) is 57.5 Å². The first-order valence-corrected chi connectivity index (χ1v) is 29.0. The summed E-state index contributed by atoms with van der Waals surface area (Å²) in [6.45, 7) is 8.47. The molecule has 20 N–H and O–H groups in total. The van der Waals surface area contributed by atoms with Crippen molar-refractivity contribution in [3.63, 3.8) is 0 Å². The summed E-state index contributed by atoms with van der Waals surface area (Å²) in [5.41, 5.74) is 31.8. The molecule has 8 amide bonds. The second-order valence-electron chi connectivity index (χ2n) is 22.2. The monoisotopic (exact) mass is 1140 g/mol. The third-order valence-electron chi connectivity index (χ3n) is 14.5. The molecule has 450 valence electrons. The van der Waals surface area contributed by atoms with Crippen LogP contribution in [0.5, 0.6) is 0 Å². The van der Waals surface area contributed by atoms with Crippen molar-refractivity contribution in [3.8, 4) is 0 Å². The number of unbranched alkanes of at least 4 members (excludes halogenated alkanes) is 3. The molecule has 2 aromatic carbocycles. The van der Waals surface area contributed by atoms with Crippen LogP contribution in [0.4, 0.5) is 0 Å². The number of nitrogens with zero attached hydrogens (tertiary/aromatic N) is 1. The molecule has 3 heterocycles. The van der Waals surface area contributed by atoms with Gasteiger partial charge in [0.05, 0.1) is 0 Å². The number of amides is 8. The molecule has 24 nitrogen and oxygen atoms in total. The lowest BCUT2D eigenvalue weighted by Crippen LogP contribution is -2.62. The van der Waals surface area contributed by atoms with Crippen LogP contribution in [0.1, 0.15) is 122 Å². The minimum absolute atomic E-state index is 0.0232. The second-order valence-corrected chi connectivity index (χ2v) is 22.2. The first kappa shape index (κ1) is 65.2. The number of nitrogens with two attached hydrogens (primary N) is 5. The molecule has 82 heavy (non-hydrogen) atoms. The van der Waals surface area contributed by atoms with Gasteiger partial charge in [-0.05, 0) is 138 Å². The van der Waals surface area contributed by atoms with Gasteiger partial charge < -0.3 is 81.2 Å². The van der Waals surface area contributed by atoms with Crippen LogP contribution >= 0.6 is 0 Å². The molecule has 0 saturated carbocycles. The van der Waals surface area contributed by atoms with Gasteiger partial charge in [-0.3, -0.25) is 43.3 Å². The zero-order chi connectivity index (χ0) is 59.7. The lowest BCUT2D eigenvalue weighted by Gasteiger charge is -2.30. The van der Waals surface area contributed by atoms with Crippen LogP contribution in [-0.4, -0.2) is 138 Å². The van der Waals surface area contributed by atoms with Crippen LogP contribution in [0.2, 0.25) is 0 Å². The van der Waals surface area contributed by atoms with Crippen molar-refractivity contribution >= 4 is 75.0 Å². The molecular formula is C58H90N16O8. The summed E-state index contributed by atoms with van der Waals surface area (Å²) >= 11 is 0. The Morgan fingerprint density at radius 2 is 0.707 bits per heavy atom. The molecule has 5 rings (SSSR count). The van der Waals surface area contributed by atoms with Gasteiger partial charge in [0, 0.05) is 53.6 Å². The van der Waals surface area contributed by atoms with Gasteiger partial charge in [0.2, 0.25) is 47.3 Å². The van der Waals surface area contributed by atoms with Crippen molar-refractivity contribution < 1.29 is 38.4 Å². The summed E-state index contributed by atoms with van der Waals surface area (Å²) in [6, 6.07) is 4.77. The van der Waals surface area contributed by atoms with Gasteiger partial charge in [0.1, 0.15) is 48.3 Å². The summed E-state index contributed by atoms with van der Waals surface area (Å²) in [5, 5.41) is 24.5. The quantitative estimate of drug-likeness (QED) is 0.0263. The number of benzene rings is 2. The van der Waals surface area contributed by atoms with Gasteiger partial charge in [-0.1, -0.05) is 64.1 Å². The van der Waals surface area contributed by atoms with Crippen molar-refractivity contribution in [2.75, 3.05) is 26.2 Å². The number of nitrogens with one attached hydrogen (secondary N) is 10. The SMILES string of the molecule is CC(C)C[C@@H]1NC(=O)[C@H](Cc2c[nH]c3ccccc23)NC(=O)[C@H](CC(C)C)NC(=O)[C@H](Cc2c[nH]c3ccccc23)NC(=O)[C@H](CCCN=C(N)N)NC(=O)[C@H](CCCCN)NC(=O)[C@H](CCCCN)NC(=O)[C@H](CCCCN)NC1=O. The Hall–Kier alpha value is -7.57. The zero-order valence-electron chi connectivity index (χ0n) is 48.1. The third kappa shape index (κ3) is 20.4. The maximum Gasteiger partial charge on any atom is 0.243 e. The van der Waals surface area contributed by atoms with Crippen LogP contribution in [0.25, 0.3) is 21.8 Å². The lowest BCUT2D eigenvalue weighted by atomic mass is 9.98. The molecular weight excluding hydrogens is 1050 g/mol. The van der Waals surface area contributed by atoms with E-state index in [9.17, 15) is 33.6 Å². The fraction of sp³-hybridized carbons (Fsp3) is 0.569. The maximum atomic E-state index is 15.0. The highest BCUT2D eigenvalue weighted by atomic mass is 16.2. The molecule has 1 aliphatic rings. The highest BCUT2D eigenvalue weighted by molar-refractivity contribution is 5.99. The smallest absolute Gasteiger partial charge is 0.243 e. The summed E-state index contributed by atoms with van der Waals surface area (Å²) in [4.78, 5) is 129. The number of para-hydroxylation sites is 2. The molecule has 0 radical (unpaired) electrons. The number of aromatic nitrogens is 2. The van der Waals surface area contributed by atoms with Crippen molar-refractivity contribution in [1.29, 1.82) is 0 Å². The average molecular weight is 1140 g/mol. The number of carbonyl (C=O) groups is 8. The predicted molar refractivity (Wildman–Crippen MR) is 317 cm³/mol. The van der Waals surface area contributed by atoms with Gasteiger partial charge >= 0.3 is 0 Å². The average Bonchev–Trinajstić information content (AvgIpc) is 4.25. The van der Waals surface area contributed by atoms with Crippen molar-refractivity contribution in [2.45, 2.75) is 172 Å². The minimum Gasteiger partial charge on any atom is -0.370 e. The standard InChI is InChI=1S/C58H90N16O8/c1-34(2)28-46-54(79)70-44(22-11-14-26-61)52(77)68-42(20-9-12-24-59)50(75)67-43(21-10-13-25-60)51(76)69-45(23-15-27-64-58(62)63)53(78)73-48(30-36-32-65-40-18-7-5-16-38(36)40)56(81)72-47(29-35(3)4)55(80)74-49(57(82)71-46)31-37-33-66-41-19-8-6-17-39(37)41/h5-8,16-19,32-35,42-49,65-66H,9-15,20-31,59-61H2,1-4H3,(H,67,75)(H,68,77)(H,69,76)(H,70,79)(H,71,82)(H,72,81)(H,73,78)(H,74,80)(H4,62,63,64)/t42-,43-,44-,45-,46-,47-,48-,49-/m0/s1. The molecule has 0 unspecified atom stereocenters. The van der Waals surface area contributed by atoms with Crippen molar-refractivity contribution in [3.05, 3.63) is 72.1 Å². The van der Waals surface area contributed by atoms with E-state index >= 15 is 4.79 Å². The number of aliphatic imine (C=N–C) groups is 1. The fourth-order valence-corrected chi connectivity index (χ4v) is 10.1. The van der Waals surface area contributed by atoms with Crippen LogP contribution in [0.15, 0.2) is 65.9 Å². The van der Waals surface area contributed by atoms with Gasteiger partial charge in [-0.15, -0.1) is 0 Å². The van der Waals surface area contributed by atoms with E-state index in [4.69, 9.17) is 28.7 Å². The first-order chi connectivity index (χ1) is 39.3. The van der Waals surface area contributed by atoms with Gasteiger partial charge in [0.15, 0.2) is 5.96 Å². The number of rotatable bonds is 24. The zero-order valence-corrected chi connectivity index (χ0v) is 48.1. The lowest BCUT2D eigenvalue weighted by molar-refractivity contribution is -0.137. The number of hydrogen-bond donors (Lipinski definition) is 15. The van der Waals surface area contributed by atoms with E-state index in [1.807, 2.05) is 76.2 Å². The molecule has 0 bridgehead atoms. The molecule has 2 aromatic heterocycles. The van der Waals surface area contributed by atoms with E-state index < -0.39 is 95.6 Å². The van der Waals surface area contributed by atoms with E-state index in [0.29, 0.717) is 69.3 Å². The number of hydrogen-bond acceptors (Lipinski definition) is 12. The number of guanidine groups is 1. The number of carbonyl (C=O) groups excluding carboxylic acids is 8. The van der Waals surface area contributed by atoms with Crippen molar-refractivity contribution in [1.82, 2.24) is 52.5 Å². The Bertz CT molecular complexity index is 2770. The Morgan fingerprint density at radius 3 is 1.04 bits per heavy atom. The third-order valence-corrected chi connectivity index (χ3v) is 14.5. The summed E-state index contributed by atoms with van der Waals surface area (Å²) in [5.74, 6) is -6.21. The summed E-state index contributed by atoms with van der Waals surface area (Å²) in [7, 11) is 0. The molecule has 0 aliphatic carbocycles. The van der Waals surface area contributed by atoms with Crippen LogP contribution < -0.4 is 71.2 Å². The van der Waals surface area contributed by atoms with Crippen LogP contribution in [0, 0.1) is 11.8 Å². The first-order valence-electron chi connectivity index (χ1n) is 29.0. The van der Waals surface area contributed by atoms with Gasteiger partial charge in [-0.2, -0.15) is 0 Å². The van der Waals surface area contributed by atoms with Gasteiger partial charge in [0.25, 0.3) is 0 Å². The number of fused-ring (bicyclic) bond motifs is 2. The molecule has 0 spiro atoms. The van der Waals surface area contributed by atoms with E-state index in [0.717, 1.165) is 21.8 Å². The predicted octanol–water partition coefficient (Wildman–Crippen LogP) is 0.859. The minimum atomic E-state index is -1.35. The van der Waals surface area contributed by atoms with Gasteiger partial charge in [-0.25, -0.2) is 0 Å². The normalized spacial score (nSPS) is 22.4. The highest BCUT2D eigenvalue weighted by Crippen LogP contribution is 2.22.